The Morgan fingerprint density at radius 1 is 1.24 bits per heavy atom. The van der Waals surface area contributed by atoms with Gasteiger partial charge in [0.05, 0.1) is 6.10 Å². The van der Waals surface area contributed by atoms with E-state index >= 15 is 0 Å². The summed E-state index contributed by atoms with van der Waals surface area (Å²) in [6, 6.07) is 11.2. The molecule has 0 bridgehead atoms. The lowest BCUT2D eigenvalue weighted by molar-refractivity contribution is -0.139. The highest BCUT2D eigenvalue weighted by molar-refractivity contribution is 5.76. The van der Waals surface area contributed by atoms with Crippen LogP contribution in [0.1, 0.15) is 18.9 Å². The molecule has 0 N–H and O–H groups in total. The number of likely N-dealkylation sites (N-methyl/N-ethyl adjacent to an activating group) is 2. The fourth-order valence-electron chi connectivity index (χ4n) is 4.11. The highest BCUT2D eigenvalue weighted by Gasteiger charge is 2.44. The summed E-state index contributed by atoms with van der Waals surface area (Å²) < 4.78 is 6.07. The van der Waals surface area contributed by atoms with E-state index in [4.69, 9.17) is 4.74 Å². The second-order valence-corrected chi connectivity index (χ2v) is 7.47. The van der Waals surface area contributed by atoms with Gasteiger partial charge < -0.3 is 14.5 Å². The third kappa shape index (κ3) is 4.40. The molecule has 3 rings (SSSR count). The topological polar surface area (TPSA) is 36.0 Å². The lowest BCUT2D eigenvalue weighted by Crippen LogP contribution is -2.51. The number of rotatable bonds is 6. The van der Waals surface area contributed by atoms with Crippen molar-refractivity contribution in [2.75, 3.05) is 46.9 Å². The van der Waals surface area contributed by atoms with Gasteiger partial charge in [-0.15, -0.1) is 0 Å². The first-order valence-corrected chi connectivity index (χ1v) is 9.40. The van der Waals surface area contributed by atoms with Gasteiger partial charge in [-0.3, -0.25) is 9.69 Å². The Labute approximate surface area is 151 Å². The minimum absolute atomic E-state index is 0.0496. The molecule has 5 heteroatoms. The van der Waals surface area contributed by atoms with Gasteiger partial charge in [-0.25, -0.2) is 0 Å². The minimum Gasteiger partial charge on any atom is -0.368 e. The van der Waals surface area contributed by atoms with Gasteiger partial charge >= 0.3 is 0 Å². The average Bonchev–Trinajstić information content (AvgIpc) is 3.06. The number of nitrogens with zero attached hydrogens (tertiary/aromatic N) is 3. The van der Waals surface area contributed by atoms with Gasteiger partial charge in [0.15, 0.2) is 0 Å². The number of carbonyl (C=O) groups excluding carboxylic acids is 1. The van der Waals surface area contributed by atoms with Crippen molar-refractivity contribution in [3.8, 4) is 0 Å². The van der Waals surface area contributed by atoms with Crippen molar-refractivity contribution in [2.24, 2.45) is 5.92 Å². The molecule has 1 aromatic rings. The lowest BCUT2D eigenvalue weighted by atomic mass is 9.88. The van der Waals surface area contributed by atoms with Crippen molar-refractivity contribution in [1.29, 1.82) is 0 Å². The molecule has 1 aromatic carbocycles. The third-order valence-electron chi connectivity index (χ3n) is 5.65. The summed E-state index contributed by atoms with van der Waals surface area (Å²) in [5, 5.41) is 0. The van der Waals surface area contributed by atoms with E-state index in [1.807, 2.05) is 0 Å². The van der Waals surface area contributed by atoms with E-state index in [0.717, 1.165) is 39.1 Å². The number of piperidine rings is 1. The molecule has 2 aliphatic heterocycles. The molecule has 1 amide bonds. The van der Waals surface area contributed by atoms with E-state index in [-0.39, 0.29) is 18.6 Å². The van der Waals surface area contributed by atoms with E-state index in [1.54, 1.807) is 19.0 Å². The van der Waals surface area contributed by atoms with Gasteiger partial charge in [-0.2, -0.15) is 0 Å². The Hall–Kier alpha value is -1.43. The summed E-state index contributed by atoms with van der Waals surface area (Å²) in [6.45, 7) is 7.73. The minimum atomic E-state index is 0.0496. The van der Waals surface area contributed by atoms with Crippen LogP contribution in [-0.4, -0.2) is 79.6 Å². The maximum atomic E-state index is 11.9. The van der Waals surface area contributed by atoms with Gasteiger partial charge in [0.25, 0.3) is 0 Å². The summed E-state index contributed by atoms with van der Waals surface area (Å²) in [7, 11) is 3.57. The van der Waals surface area contributed by atoms with Crippen LogP contribution in [0.5, 0.6) is 0 Å². The Kier molecular flexibility index (Phi) is 6.10. The molecule has 0 aromatic heterocycles. The van der Waals surface area contributed by atoms with E-state index in [2.05, 4.69) is 47.1 Å². The zero-order valence-corrected chi connectivity index (χ0v) is 15.7. The first-order chi connectivity index (χ1) is 12.1. The first kappa shape index (κ1) is 18.4. The molecule has 0 radical (unpaired) electrons. The van der Waals surface area contributed by atoms with Crippen LogP contribution in [-0.2, 0) is 16.1 Å². The fourth-order valence-corrected chi connectivity index (χ4v) is 4.11. The van der Waals surface area contributed by atoms with Crippen molar-refractivity contribution in [2.45, 2.75) is 32.0 Å². The molecular formula is C20H31N3O2. The second-order valence-electron chi connectivity index (χ2n) is 7.47. The Balaban J connectivity index is 1.65. The van der Waals surface area contributed by atoms with Crippen LogP contribution in [0, 0.1) is 5.92 Å². The van der Waals surface area contributed by atoms with Gasteiger partial charge in [-0.1, -0.05) is 37.3 Å². The monoisotopic (exact) mass is 345 g/mol. The maximum Gasteiger partial charge on any atom is 0.248 e. The van der Waals surface area contributed by atoms with Crippen LogP contribution < -0.4 is 0 Å². The number of amides is 1. The van der Waals surface area contributed by atoms with E-state index in [0.29, 0.717) is 12.0 Å². The third-order valence-corrected chi connectivity index (χ3v) is 5.65. The van der Waals surface area contributed by atoms with E-state index < -0.39 is 0 Å². The van der Waals surface area contributed by atoms with Crippen molar-refractivity contribution in [3.63, 3.8) is 0 Å². The first-order valence-electron chi connectivity index (χ1n) is 9.40. The molecular weight excluding hydrogens is 314 g/mol. The molecule has 2 aliphatic rings. The maximum absolute atomic E-state index is 11.9. The molecule has 5 nitrogen and oxygen atoms in total. The second kappa shape index (κ2) is 8.30. The number of ether oxygens (including phenoxy) is 1. The number of benzene rings is 1. The summed E-state index contributed by atoms with van der Waals surface area (Å²) in [5.74, 6) is 0.543. The van der Waals surface area contributed by atoms with Crippen molar-refractivity contribution < 1.29 is 9.53 Å². The average molecular weight is 345 g/mol. The number of fused-ring (bicyclic) bond motifs is 1. The van der Waals surface area contributed by atoms with Crippen molar-refractivity contribution in [1.82, 2.24) is 14.7 Å². The van der Waals surface area contributed by atoms with Gasteiger partial charge in [0.1, 0.15) is 6.61 Å². The largest absolute Gasteiger partial charge is 0.368 e. The van der Waals surface area contributed by atoms with E-state index in [1.165, 1.54) is 5.56 Å². The van der Waals surface area contributed by atoms with Crippen LogP contribution in [0.15, 0.2) is 30.3 Å². The Bertz CT molecular complexity index is 563. The van der Waals surface area contributed by atoms with Crippen LogP contribution in [0.4, 0.5) is 0 Å². The number of hydrogen-bond acceptors (Lipinski definition) is 4. The molecule has 3 atom stereocenters. The number of likely N-dealkylation sites (tertiary alicyclic amines) is 2. The quantitative estimate of drug-likeness (QED) is 0.786. The van der Waals surface area contributed by atoms with Crippen LogP contribution >= 0.6 is 0 Å². The standard InChI is InChI=1S/C20H31N3O2/c1-4-22-13-17-18(14-22)23(12-16-8-6-5-7-9-16)11-10-19(17)25-15-20(24)21(2)3/h5-9,17-19H,4,10-15H2,1-3H3/t17-,18+,19+/m0/s1. The van der Waals surface area contributed by atoms with Gasteiger partial charge in [0.2, 0.25) is 5.91 Å². The Morgan fingerprint density at radius 2 is 2.00 bits per heavy atom. The molecule has 138 valence electrons. The zero-order valence-electron chi connectivity index (χ0n) is 15.7. The molecule has 0 spiro atoms. The highest BCUT2D eigenvalue weighted by Crippen LogP contribution is 2.33. The van der Waals surface area contributed by atoms with Crippen LogP contribution in [0.3, 0.4) is 0 Å². The fraction of sp³-hybridized carbons (Fsp3) is 0.650. The predicted octanol–water partition coefficient (Wildman–Crippen LogP) is 1.69. The van der Waals surface area contributed by atoms with Gasteiger partial charge in [-0.05, 0) is 18.5 Å². The van der Waals surface area contributed by atoms with E-state index in [9.17, 15) is 4.79 Å². The summed E-state index contributed by atoms with van der Waals surface area (Å²) in [4.78, 5) is 18.6. The predicted molar refractivity (Wildman–Crippen MR) is 99.3 cm³/mol. The van der Waals surface area contributed by atoms with Crippen LogP contribution in [0.25, 0.3) is 0 Å². The molecule has 25 heavy (non-hydrogen) atoms. The molecule has 2 saturated heterocycles. The molecule has 0 unspecified atom stereocenters. The number of carbonyl (C=O) groups is 1. The summed E-state index contributed by atoms with van der Waals surface area (Å²) in [6.07, 6.45) is 1.20. The van der Waals surface area contributed by atoms with Gasteiger partial charge in [0, 0.05) is 52.2 Å². The SMILES string of the molecule is CCN1C[C@H]2[C@@H](C1)N(Cc1ccccc1)CC[C@H]2OCC(=O)N(C)C. The molecule has 2 fully saturated rings. The zero-order chi connectivity index (χ0) is 17.8. The van der Waals surface area contributed by atoms with Crippen molar-refractivity contribution >= 4 is 5.91 Å². The van der Waals surface area contributed by atoms with Crippen LogP contribution in [0.2, 0.25) is 0 Å². The number of hydrogen-bond donors (Lipinski definition) is 0. The highest BCUT2D eigenvalue weighted by atomic mass is 16.5. The summed E-state index contributed by atoms with van der Waals surface area (Å²) >= 11 is 0. The molecule has 0 aliphatic carbocycles. The smallest absolute Gasteiger partial charge is 0.248 e. The molecule has 2 heterocycles. The normalized spacial score (nSPS) is 27.2. The summed E-state index contributed by atoms with van der Waals surface area (Å²) in [5.41, 5.74) is 1.37. The molecule has 0 saturated carbocycles. The lowest BCUT2D eigenvalue weighted by Gasteiger charge is -2.41. The van der Waals surface area contributed by atoms with Crippen molar-refractivity contribution in [3.05, 3.63) is 35.9 Å². The Morgan fingerprint density at radius 3 is 2.68 bits per heavy atom.